The summed E-state index contributed by atoms with van der Waals surface area (Å²) in [4.78, 5) is 21.1. The first-order valence-electron chi connectivity index (χ1n) is 6.35. The molecule has 0 aliphatic carbocycles. The number of methoxy groups -OCH3 is 1. The predicted molar refractivity (Wildman–Crippen MR) is 77.5 cm³/mol. The van der Waals surface area contributed by atoms with E-state index in [0.29, 0.717) is 6.42 Å². The molecule has 0 saturated carbocycles. The number of carbonyl (C=O) groups excluding carboxylic acids is 1. The average molecular weight is 331 g/mol. The molecule has 2 N–H and O–H groups in total. The summed E-state index contributed by atoms with van der Waals surface area (Å²) in [6, 6.07) is 4.95. The van der Waals surface area contributed by atoms with E-state index in [2.05, 4.69) is 4.74 Å². The Morgan fingerprint density at radius 2 is 2.05 bits per heavy atom. The number of nitrogens with two attached hydrogens (primary N) is 1. The fraction of sp³-hybridized carbons (Fsp3) is 0.417. The summed E-state index contributed by atoms with van der Waals surface area (Å²) in [5.74, 6) is -0.765. The Labute approximate surface area is 127 Å². The SMILES string of the molecule is COC(=O)CN(CCCN)S(=O)(=O)c1ccccc1[N+](=O)[O-]. The van der Waals surface area contributed by atoms with Gasteiger partial charge in [-0.05, 0) is 19.0 Å². The largest absolute Gasteiger partial charge is 0.468 e. The van der Waals surface area contributed by atoms with Crippen molar-refractivity contribution in [2.24, 2.45) is 5.73 Å². The number of sulfonamides is 1. The van der Waals surface area contributed by atoms with Crippen molar-refractivity contribution in [3.63, 3.8) is 0 Å². The van der Waals surface area contributed by atoms with Crippen LogP contribution in [-0.2, 0) is 19.6 Å². The molecule has 0 aliphatic rings. The summed E-state index contributed by atoms with van der Waals surface area (Å²) in [7, 11) is -3.09. The van der Waals surface area contributed by atoms with Gasteiger partial charge in [-0.25, -0.2) is 8.42 Å². The highest BCUT2D eigenvalue weighted by atomic mass is 32.2. The molecule has 0 unspecified atom stereocenters. The van der Waals surface area contributed by atoms with Crippen molar-refractivity contribution in [2.75, 3.05) is 26.7 Å². The van der Waals surface area contributed by atoms with Crippen molar-refractivity contribution >= 4 is 21.7 Å². The molecule has 122 valence electrons. The summed E-state index contributed by atoms with van der Waals surface area (Å²) in [5, 5.41) is 11.0. The lowest BCUT2D eigenvalue weighted by molar-refractivity contribution is -0.387. The molecule has 0 fully saturated rings. The summed E-state index contributed by atoms with van der Waals surface area (Å²) >= 11 is 0. The average Bonchev–Trinajstić information content (AvgIpc) is 2.50. The zero-order chi connectivity index (χ0) is 16.8. The number of rotatable bonds is 8. The van der Waals surface area contributed by atoms with Gasteiger partial charge in [-0.2, -0.15) is 4.31 Å². The molecule has 0 radical (unpaired) electrons. The smallest absolute Gasteiger partial charge is 0.321 e. The first-order chi connectivity index (χ1) is 10.3. The minimum atomic E-state index is -4.22. The molecule has 0 aromatic heterocycles. The number of esters is 1. The van der Waals surface area contributed by atoms with Gasteiger partial charge in [0.25, 0.3) is 5.69 Å². The van der Waals surface area contributed by atoms with Gasteiger partial charge in [0.05, 0.1) is 12.0 Å². The van der Waals surface area contributed by atoms with Gasteiger partial charge in [0.1, 0.15) is 6.54 Å². The molecule has 1 aromatic rings. The summed E-state index contributed by atoms with van der Waals surface area (Å²) in [6.07, 6.45) is 0.302. The number of hydrogen-bond acceptors (Lipinski definition) is 7. The van der Waals surface area contributed by atoms with Crippen molar-refractivity contribution in [1.29, 1.82) is 0 Å². The second-order valence-corrected chi connectivity index (χ2v) is 6.19. The number of nitrogens with zero attached hydrogens (tertiary/aromatic N) is 2. The lowest BCUT2D eigenvalue weighted by Crippen LogP contribution is -2.37. The van der Waals surface area contributed by atoms with E-state index >= 15 is 0 Å². The van der Waals surface area contributed by atoms with Crippen LogP contribution in [0.25, 0.3) is 0 Å². The molecule has 9 nitrogen and oxygen atoms in total. The van der Waals surface area contributed by atoms with Crippen molar-refractivity contribution in [3.05, 3.63) is 34.4 Å². The number of para-hydroxylation sites is 1. The Morgan fingerprint density at radius 1 is 1.41 bits per heavy atom. The van der Waals surface area contributed by atoms with E-state index < -0.39 is 38.0 Å². The highest BCUT2D eigenvalue weighted by Gasteiger charge is 2.32. The van der Waals surface area contributed by atoms with Gasteiger partial charge >= 0.3 is 5.97 Å². The standard InChI is InChI=1S/C12H17N3O6S/c1-21-12(16)9-14(8-4-7-13)22(19,20)11-6-3-2-5-10(11)15(17)18/h2-3,5-6H,4,7-9,13H2,1H3. The van der Waals surface area contributed by atoms with Crippen LogP contribution in [0.2, 0.25) is 0 Å². The van der Waals surface area contributed by atoms with Crippen LogP contribution < -0.4 is 5.73 Å². The van der Waals surface area contributed by atoms with Gasteiger partial charge in [-0.15, -0.1) is 0 Å². The van der Waals surface area contributed by atoms with E-state index in [0.717, 1.165) is 23.5 Å². The second kappa shape index (κ2) is 7.82. The number of ether oxygens (including phenoxy) is 1. The van der Waals surface area contributed by atoms with Crippen LogP contribution in [0.4, 0.5) is 5.69 Å². The molecule has 0 saturated heterocycles. The lowest BCUT2D eigenvalue weighted by Gasteiger charge is -2.20. The van der Waals surface area contributed by atoms with Gasteiger partial charge in [0.15, 0.2) is 4.90 Å². The third kappa shape index (κ3) is 4.23. The molecule has 0 amide bonds. The zero-order valence-corrected chi connectivity index (χ0v) is 12.8. The van der Waals surface area contributed by atoms with Crippen LogP contribution in [-0.4, -0.2) is 50.4 Å². The van der Waals surface area contributed by atoms with Crippen LogP contribution in [0.5, 0.6) is 0 Å². The number of nitro benzene ring substituents is 1. The van der Waals surface area contributed by atoms with Gasteiger partial charge in [0.2, 0.25) is 10.0 Å². The maximum absolute atomic E-state index is 12.6. The van der Waals surface area contributed by atoms with Crippen LogP contribution in [0.1, 0.15) is 6.42 Å². The third-order valence-electron chi connectivity index (χ3n) is 2.82. The van der Waals surface area contributed by atoms with Crippen LogP contribution >= 0.6 is 0 Å². The number of benzene rings is 1. The van der Waals surface area contributed by atoms with Crippen LogP contribution in [0, 0.1) is 10.1 Å². The highest BCUT2D eigenvalue weighted by molar-refractivity contribution is 7.89. The zero-order valence-electron chi connectivity index (χ0n) is 12.0. The van der Waals surface area contributed by atoms with E-state index in [9.17, 15) is 23.3 Å². The van der Waals surface area contributed by atoms with Gasteiger partial charge in [-0.3, -0.25) is 14.9 Å². The van der Waals surface area contributed by atoms with Crippen molar-refractivity contribution < 1.29 is 22.9 Å². The van der Waals surface area contributed by atoms with Gasteiger partial charge < -0.3 is 10.5 Å². The fourth-order valence-electron chi connectivity index (χ4n) is 1.73. The molecule has 1 aromatic carbocycles. The lowest BCUT2D eigenvalue weighted by atomic mass is 10.3. The molecule has 0 atom stereocenters. The van der Waals surface area contributed by atoms with E-state index in [1.54, 1.807) is 0 Å². The maximum atomic E-state index is 12.6. The quantitative estimate of drug-likeness (QED) is 0.406. The van der Waals surface area contributed by atoms with E-state index in [1.165, 1.54) is 12.1 Å². The maximum Gasteiger partial charge on any atom is 0.321 e. The molecule has 0 aliphatic heterocycles. The van der Waals surface area contributed by atoms with E-state index in [1.807, 2.05) is 0 Å². The number of carbonyl (C=O) groups is 1. The third-order valence-corrected chi connectivity index (χ3v) is 4.72. The van der Waals surface area contributed by atoms with Crippen LogP contribution in [0.3, 0.4) is 0 Å². The van der Waals surface area contributed by atoms with Gasteiger partial charge in [0, 0.05) is 12.6 Å². The Hall–Kier alpha value is -2.04. The Kier molecular flexibility index (Phi) is 6.40. The fourth-order valence-corrected chi connectivity index (χ4v) is 3.31. The molecule has 0 heterocycles. The molecule has 0 bridgehead atoms. The predicted octanol–water partition coefficient (Wildman–Crippen LogP) is 0.107. The Morgan fingerprint density at radius 3 is 2.59 bits per heavy atom. The molecule has 10 heteroatoms. The molecule has 1 rings (SSSR count). The van der Waals surface area contributed by atoms with Gasteiger partial charge in [-0.1, -0.05) is 12.1 Å². The van der Waals surface area contributed by atoms with Crippen molar-refractivity contribution in [2.45, 2.75) is 11.3 Å². The molecular formula is C12H17N3O6S. The number of hydrogen-bond donors (Lipinski definition) is 1. The molecule has 0 spiro atoms. The van der Waals surface area contributed by atoms with E-state index in [4.69, 9.17) is 5.73 Å². The van der Waals surface area contributed by atoms with Crippen molar-refractivity contribution in [1.82, 2.24) is 4.31 Å². The van der Waals surface area contributed by atoms with E-state index in [-0.39, 0.29) is 13.1 Å². The first kappa shape index (κ1) is 18.0. The molecule has 22 heavy (non-hydrogen) atoms. The monoisotopic (exact) mass is 331 g/mol. The Balaban J connectivity index is 3.26. The summed E-state index contributed by atoms with van der Waals surface area (Å²) in [6.45, 7) is -0.366. The minimum absolute atomic E-state index is 0.0417. The van der Waals surface area contributed by atoms with Crippen LogP contribution in [0.15, 0.2) is 29.2 Å². The minimum Gasteiger partial charge on any atom is -0.468 e. The summed E-state index contributed by atoms with van der Waals surface area (Å²) < 4.78 is 30.5. The topological polar surface area (TPSA) is 133 Å². The Bertz CT molecular complexity index is 646. The highest BCUT2D eigenvalue weighted by Crippen LogP contribution is 2.26. The summed E-state index contributed by atoms with van der Waals surface area (Å²) in [5.41, 5.74) is 4.80. The van der Waals surface area contributed by atoms with Crippen molar-refractivity contribution in [3.8, 4) is 0 Å². The number of nitro groups is 1. The normalized spacial score (nSPS) is 11.4. The second-order valence-electron chi connectivity index (χ2n) is 4.28. The first-order valence-corrected chi connectivity index (χ1v) is 7.79. The molecular weight excluding hydrogens is 314 g/mol.